The fourth-order valence-corrected chi connectivity index (χ4v) is 5.07. The van der Waals surface area contributed by atoms with Gasteiger partial charge in [0, 0.05) is 38.6 Å². The lowest BCUT2D eigenvalue weighted by Crippen LogP contribution is -2.53. The quantitative estimate of drug-likeness (QED) is 0.420. The van der Waals surface area contributed by atoms with Crippen LogP contribution in [-0.4, -0.2) is 85.4 Å². The van der Waals surface area contributed by atoms with Crippen LogP contribution in [0.15, 0.2) is 18.2 Å². The van der Waals surface area contributed by atoms with Crippen LogP contribution in [0.1, 0.15) is 48.0 Å². The Hall–Kier alpha value is -2.14. The minimum Gasteiger partial charge on any atom is -0.534 e. The molecule has 2 fully saturated rings. The van der Waals surface area contributed by atoms with Crippen molar-refractivity contribution in [1.82, 2.24) is 15.5 Å². The molecule has 1 saturated heterocycles. The molecule has 2 heterocycles. The molecule has 1 aromatic rings. The molecule has 1 aliphatic carbocycles. The molecule has 1 amide bonds. The SMILES string of the molecule is O=C(CC1CCC(NCCN2CCOCC2)CC1)N[C@H]1Cc2cccc(C(=O)O)c2OB1O. The molecule has 10 heteroatoms. The fourth-order valence-electron chi connectivity index (χ4n) is 5.07. The summed E-state index contributed by atoms with van der Waals surface area (Å²) in [6.45, 7) is 5.71. The van der Waals surface area contributed by atoms with Gasteiger partial charge in [0.1, 0.15) is 5.75 Å². The summed E-state index contributed by atoms with van der Waals surface area (Å²) in [6, 6.07) is 5.37. The Morgan fingerprint density at radius 2 is 1.91 bits per heavy atom. The number of hydrogen-bond donors (Lipinski definition) is 4. The highest BCUT2D eigenvalue weighted by Crippen LogP contribution is 2.31. The van der Waals surface area contributed by atoms with Gasteiger partial charge in [0.05, 0.1) is 24.7 Å². The first-order chi connectivity index (χ1) is 16.0. The Labute approximate surface area is 195 Å². The second kappa shape index (κ2) is 11.3. The number of rotatable bonds is 8. The summed E-state index contributed by atoms with van der Waals surface area (Å²) in [5.74, 6) is -1.26. The number of benzene rings is 1. The zero-order valence-electron chi connectivity index (χ0n) is 19.0. The van der Waals surface area contributed by atoms with E-state index in [1.165, 1.54) is 6.07 Å². The van der Waals surface area contributed by atoms with Crippen LogP contribution in [0.3, 0.4) is 0 Å². The number of morpholine rings is 1. The van der Waals surface area contributed by atoms with E-state index >= 15 is 0 Å². The molecular formula is C23H34BN3O6. The molecule has 2 aliphatic heterocycles. The van der Waals surface area contributed by atoms with Gasteiger partial charge in [0.25, 0.3) is 0 Å². The molecular weight excluding hydrogens is 425 g/mol. The highest BCUT2D eigenvalue weighted by atomic mass is 16.5. The number of aromatic carboxylic acids is 1. The smallest absolute Gasteiger partial charge is 0.534 e. The molecule has 3 aliphatic rings. The fraction of sp³-hybridized carbons (Fsp3) is 0.652. The number of carbonyl (C=O) groups is 2. The number of nitrogens with one attached hydrogen (secondary N) is 2. The van der Waals surface area contributed by atoms with Gasteiger partial charge in [0.15, 0.2) is 0 Å². The maximum Gasteiger partial charge on any atom is 0.547 e. The highest BCUT2D eigenvalue weighted by molar-refractivity contribution is 6.47. The second-order valence-electron chi connectivity index (χ2n) is 9.32. The number of para-hydroxylation sites is 1. The third-order valence-electron chi connectivity index (χ3n) is 6.98. The van der Waals surface area contributed by atoms with E-state index in [0.29, 0.717) is 30.4 Å². The first-order valence-corrected chi connectivity index (χ1v) is 12.0. The molecule has 0 radical (unpaired) electrons. The Morgan fingerprint density at radius 3 is 2.64 bits per heavy atom. The third kappa shape index (κ3) is 6.47. The number of ether oxygens (including phenoxy) is 1. The number of carboxylic acids is 1. The zero-order chi connectivity index (χ0) is 23.2. The largest absolute Gasteiger partial charge is 0.547 e. The Kier molecular flexibility index (Phi) is 8.24. The van der Waals surface area contributed by atoms with Gasteiger partial charge in [0.2, 0.25) is 5.91 Å². The van der Waals surface area contributed by atoms with E-state index in [2.05, 4.69) is 15.5 Å². The predicted octanol–water partition coefficient (Wildman–Crippen LogP) is 0.695. The van der Waals surface area contributed by atoms with E-state index in [-0.39, 0.29) is 17.2 Å². The summed E-state index contributed by atoms with van der Waals surface area (Å²) >= 11 is 0. The summed E-state index contributed by atoms with van der Waals surface area (Å²) in [4.78, 5) is 26.4. The standard InChI is InChI=1S/C23H34BN3O6/c28-21(26-20-15-17-2-1-3-19(23(29)30)22(17)33-24(20)31)14-16-4-6-18(7-5-16)25-8-9-27-10-12-32-13-11-27/h1-3,16,18,20,25,31H,4-15H2,(H,26,28)(H,29,30)/t16?,18?,20-/m0/s1. The second-order valence-corrected chi connectivity index (χ2v) is 9.32. The number of fused-ring (bicyclic) bond motifs is 1. The molecule has 180 valence electrons. The zero-order valence-corrected chi connectivity index (χ0v) is 19.0. The van der Waals surface area contributed by atoms with Crippen LogP contribution in [-0.2, 0) is 16.0 Å². The molecule has 33 heavy (non-hydrogen) atoms. The average Bonchev–Trinajstić information content (AvgIpc) is 2.81. The van der Waals surface area contributed by atoms with Crippen LogP contribution in [0.25, 0.3) is 0 Å². The molecule has 4 rings (SSSR count). The molecule has 0 aromatic heterocycles. The van der Waals surface area contributed by atoms with Gasteiger partial charge in [-0.2, -0.15) is 0 Å². The monoisotopic (exact) mass is 459 g/mol. The lowest BCUT2D eigenvalue weighted by molar-refractivity contribution is -0.122. The van der Waals surface area contributed by atoms with Crippen LogP contribution in [0, 0.1) is 5.92 Å². The van der Waals surface area contributed by atoms with Crippen LogP contribution >= 0.6 is 0 Å². The van der Waals surface area contributed by atoms with Crippen molar-refractivity contribution in [1.29, 1.82) is 0 Å². The Morgan fingerprint density at radius 1 is 1.15 bits per heavy atom. The van der Waals surface area contributed by atoms with E-state index in [1.807, 2.05) is 0 Å². The van der Waals surface area contributed by atoms with Crippen molar-refractivity contribution in [2.75, 3.05) is 39.4 Å². The van der Waals surface area contributed by atoms with E-state index < -0.39 is 19.0 Å². The Bertz CT molecular complexity index is 826. The number of nitrogens with zero attached hydrogens (tertiary/aromatic N) is 1. The third-order valence-corrected chi connectivity index (χ3v) is 6.98. The van der Waals surface area contributed by atoms with Crippen molar-refractivity contribution >= 4 is 19.0 Å². The topological polar surface area (TPSA) is 120 Å². The van der Waals surface area contributed by atoms with Crippen LogP contribution in [0.5, 0.6) is 5.75 Å². The first-order valence-electron chi connectivity index (χ1n) is 12.0. The highest BCUT2D eigenvalue weighted by Gasteiger charge is 2.38. The van der Waals surface area contributed by atoms with Crippen molar-refractivity contribution in [3.8, 4) is 5.75 Å². The van der Waals surface area contributed by atoms with E-state index in [9.17, 15) is 19.7 Å². The molecule has 0 unspecified atom stereocenters. The first kappa shape index (κ1) is 24.0. The lowest BCUT2D eigenvalue weighted by atomic mass is 9.72. The van der Waals surface area contributed by atoms with Gasteiger partial charge in [-0.25, -0.2) is 4.79 Å². The summed E-state index contributed by atoms with van der Waals surface area (Å²) in [6.07, 6.45) is 4.94. The molecule has 0 spiro atoms. The van der Waals surface area contributed by atoms with Crippen molar-refractivity contribution in [3.05, 3.63) is 29.3 Å². The number of hydrogen-bond acceptors (Lipinski definition) is 7. The summed E-state index contributed by atoms with van der Waals surface area (Å²) in [5.41, 5.74) is 0.695. The Balaban J connectivity index is 1.18. The molecule has 1 aromatic carbocycles. The number of carboxylic acid groups (broad SMARTS) is 1. The van der Waals surface area contributed by atoms with Gasteiger partial charge >= 0.3 is 13.1 Å². The van der Waals surface area contributed by atoms with Crippen LogP contribution in [0.2, 0.25) is 0 Å². The van der Waals surface area contributed by atoms with E-state index in [4.69, 9.17) is 9.39 Å². The maximum atomic E-state index is 12.6. The van der Waals surface area contributed by atoms with Crippen molar-refractivity contribution in [2.45, 2.75) is 50.5 Å². The predicted molar refractivity (Wildman–Crippen MR) is 123 cm³/mol. The van der Waals surface area contributed by atoms with Crippen molar-refractivity contribution < 1.29 is 29.1 Å². The van der Waals surface area contributed by atoms with E-state index in [0.717, 1.165) is 65.1 Å². The number of carbonyl (C=O) groups excluding carboxylic acids is 1. The minimum atomic E-state index is -1.27. The van der Waals surface area contributed by atoms with Gasteiger partial charge < -0.3 is 30.2 Å². The molecule has 1 atom stereocenters. The molecule has 1 saturated carbocycles. The van der Waals surface area contributed by atoms with Crippen molar-refractivity contribution in [3.63, 3.8) is 0 Å². The molecule has 9 nitrogen and oxygen atoms in total. The van der Waals surface area contributed by atoms with Gasteiger partial charge in [-0.15, -0.1) is 0 Å². The summed E-state index contributed by atoms with van der Waals surface area (Å²) in [7, 11) is -1.27. The van der Waals surface area contributed by atoms with E-state index in [1.54, 1.807) is 12.1 Å². The van der Waals surface area contributed by atoms with Gasteiger partial charge in [-0.1, -0.05) is 12.1 Å². The lowest BCUT2D eigenvalue weighted by Gasteiger charge is -2.32. The van der Waals surface area contributed by atoms with Gasteiger partial charge in [-0.05, 0) is 49.7 Å². The molecule has 4 N–H and O–H groups in total. The normalized spacial score (nSPS) is 25.7. The van der Waals surface area contributed by atoms with Crippen LogP contribution in [0.4, 0.5) is 0 Å². The average molecular weight is 459 g/mol. The number of amides is 1. The van der Waals surface area contributed by atoms with Crippen LogP contribution < -0.4 is 15.3 Å². The van der Waals surface area contributed by atoms with Gasteiger partial charge in [-0.3, -0.25) is 9.69 Å². The summed E-state index contributed by atoms with van der Waals surface area (Å²) in [5, 5.41) is 26.2. The summed E-state index contributed by atoms with van der Waals surface area (Å²) < 4.78 is 10.8. The maximum absolute atomic E-state index is 12.6. The molecule has 0 bridgehead atoms. The van der Waals surface area contributed by atoms with Crippen molar-refractivity contribution in [2.24, 2.45) is 5.92 Å². The minimum absolute atomic E-state index is 0.0200.